The first-order valence-electron chi connectivity index (χ1n) is 9.42. The van der Waals surface area contributed by atoms with Crippen LogP contribution in [-0.2, 0) is 4.79 Å². The highest BCUT2D eigenvalue weighted by molar-refractivity contribution is 5.94. The number of aromatic nitrogens is 2. The number of carbonyl (C=O) groups excluding carboxylic acids is 2. The van der Waals surface area contributed by atoms with Crippen LogP contribution < -0.4 is 26.6 Å². The number of urea groups is 1. The van der Waals surface area contributed by atoms with Gasteiger partial charge in [-0.2, -0.15) is 4.98 Å². The van der Waals surface area contributed by atoms with Crippen molar-refractivity contribution in [2.75, 3.05) is 35.2 Å². The molecule has 2 aromatic rings. The van der Waals surface area contributed by atoms with Crippen molar-refractivity contribution in [1.82, 2.24) is 15.3 Å². The third-order valence-electron chi connectivity index (χ3n) is 4.77. The van der Waals surface area contributed by atoms with E-state index < -0.39 is 0 Å². The number of hydrogen-bond acceptors (Lipinski definition) is 6. The SMILES string of the molecule is NC(=O)CCNc1nc(Nc2cccc(N3CCNC3=O)c2)ncc1C1CC1. The topological polar surface area (TPSA) is 125 Å². The standard InChI is InChI=1S/C19H23N7O2/c20-16(27)6-7-21-17-15(12-4-5-12)11-23-18(25-17)24-13-2-1-3-14(10-13)26-9-8-22-19(26)28/h1-3,10-12H,4-9H2,(H2,20,27)(H,22,28)(H2,21,23,24,25). The average molecular weight is 381 g/mol. The van der Waals surface area contributed by atoms with Crippen LogP contribution in [0.3, 0.4) is 0 Å². The number of nitrogens with one attached hydrogen (secondary N) is 3. The van der Waals surface area contributed by atoms with Gasteiger partial charge in [0.1, 0.15) is 5.82 Å². The van der Waals surface area contributed by atoms with Crippen molar-refractivity contribution in [1.29, 1.82) is 0 Å². The molecule has 1 aliphatic heterocycles. The van der Waals surface area contributed by atoms with Crippen LogP contribution in [0, 0.1) is 0 Å². The summed E-state index contributed by atoms with van der Waals surface area (Å²) in [5, 5.41) is 9.19. The summed E-state index contributed by atoms with van der Waals surface area (Å²) in [6, 6.07) is 7.47. The lowest BCUT2D eigenvalue weighted by atomic mass is 10.2. The van der Waals surface area contributed by atoms with Crippen LogP contribution in [0.5, 0.6) is 0 Å². The van der Waals surface area contributed by atoms with Crippen molar-refractivity contribution in [2.45, 2.75) is 25.2 Å². The van der Waals surface area contributed by atoms with Gasteiger partial charge in [-0.3, -0.25) is 9.69 Å². The first-order valence-corrected chi connectivity index (χ1v) is 9.42. The highest BCUT2D eigenvalue weighted by atomic mass is 16.2. The number of carbonyl (C=O) groups is 2. The fourth-order valence-corrected chi connectivity index (χ4v) is 3.19. The lowest BCUT2D eigenvalue weighted by molar-refractivity contribution is -0.117. The lowest BCUT2D eigenvalue weighted by Crippen LogP contribution is -2.27. The van der Waals surface area contributed by atoms with E-state index in [1.807, 2.05) is 30.5 Å². The third kappa shape index (κ3) is 4.13. The van der Waals surface area contributed by atoms with Crippen LogP contribution in [0.4, 0.5) is 27.9 Å². The smallest absolute Gasteiger partial charge is 0.321 e. The van der Waals surface area contributed by atoms with Crippen LogP contribution in [0.2, 0.25) is 0 Å². The van der Waals surface area contributed by atoms with Crippen molar-refractivity contribution in [3.63, 3.8) is 0 Å². The Labute approximate surface area is 162 Å². The Hall–Kier alpha value is -3.36. The van der Waals surface area contributed by atoms with Crippen molar-refractivity contribution in [3.05, 3.63) is 36.0 Å². The molecule has 0 unspecified atom stereocenters. The van der Waals surface area contributed by atoms with Gasteiger partial charge in [-0.25, -0.2) is 9.78 Å². The number of nitrogens with zero attached hydrogens (tertiary/aromatic N) is 3. The minimum atomic E-state index is -0.351. The summed E-state index contributed by atoms with van der Waals surface area (Å²) >= 11 is 0. The van der Waals surface area contributed by atoms with Gasteiger partial charge in [0.15, 0.2) is 0 Å². The van der Waals surface area contributed by atoms with E-state index in [1.54, 1.807) is 4.90 Å². The second kappa shape index (κ2) is 7.71. The Bertz CT molecular complexity index is 898. The zero-order valence-electron chi connectivity index (χ0n) is 15.4. The number of benzene rings is 1. The molecule has 9 heteroatoms. The van der Waals surface area contributed by atoms with Gasteiger partial charge in [0, 0.05) is 49.2 Å². The Morgan fingerprint density at radius 3 is 2.93 bits per heavy atom. The van der Waals surface area contributed by atoms with Crippen LogP contribution in [0.1, 0.15) is 30.7 Å². The molecular weight excluding hydrogens is 358 g/mol. The fraction of sp³-hybridized carbons (Fsp3) is 0.368. The Kier molecular flexibility index (Phi) is 4.96. The maximum absolute atomic E-state index is 11.9. The minimum absolute atomic E-state index is 0.0943. The molecule has 2 heterocycles. The van der Waals surface area contributed by atoms with Crippen molar-refractivity contribution < 1.29 is 9.59 Å². The lowest BCUT2D eigenvalue weighted by Gasteiger charge is -2.16. The van der Waals surface area contributed by atoms with Crippen LogP contribution in [0.15, 0.2) is 30.5 Å². The molecule has 4 rings (SSSR count). The van der Waals surface area contributed by atoms with Crippen LogP contribution in [-0.4, -0.2) is 41.5 Å². The molecule has 1 saturated carbocycles. The Balaban J connectivity index is 1.51. The molecule has 1 saturated heterocycles. The van der Waals surface area contributed by atoms with E-state index in [1.165, 1.54) is 0 Å². The second-order valence-corrected chi connectivity index (χ2v) is 6.97. The maximum Gasteiger partial charge on any atom is 0.321 e. The summed E-state index contributed by atoms with van der Waals surface area (Å²) in [6.07, 6.45) is 4.33. The number of amides is 3. The summed E-state index contributed by atoms with van der Waals surface area (Å²) in [4.78, 5) is 33.6. The van der Waals surface area contributed by atoms with Gasteiger partial charge in [-0.1, -0.05) is 6.07 Å². The van der Waals surface area contributed by atoms with Crippen molar-refractivity contribution in [2.24, 2.45) is 5.73 Å². The molecule has 1 aliphatic carbocycles. The second-order valence-electron chi connectivity index (χ2n) is 6.97. The highest BCUT2D eigenvalue weighted by Crippen LogP contribution is 2.42. The molecule has 2 aliphatic rings. The third-order valence-corrected chi connectivity index (χ3v) is 4.77. The number of hydrogen-bond donors (Lipinski definition) is 4. The van der Waals surface area contributed by atoms with E-state index in [9.17, 15) is 9.59 Å². The van der Waals surface area contributed by atoms with E-state index >= 15 is 0 Å². The van der Waals surface area contributed by atoms with Gasteiger partial charge in [0.2, 0.25) is 11.9 Å². The van der Waals surface area contributed by atoms with Gasteiger partial charge < -0.3 is 21.7 Å². The van der Waals surface area contributed by atoms with Gasteiger partial charge in [0.05, 0.1) is 0 Å². The largest absolute Gasteiger partial charge is 0.370 e. The highest BCUT2D eigenvalue weighted by Gasteiger charge is 2.27. The zero-order chi connectivity index (χ0) is 19.5. The van der Waals surface area contributed by atoms with E-state index in [0.29, 0.717) is 31.5 Å². The summed E-state index contributed by atoms with van der Waals surface area (Å²) < 4.78 is 0. The first kappa shape index (κ1) is 18.0. The Morgan fingerprint density at radius 2 is 2.21 bits per heavy atom. The number of nitrogens with two attached hydrogens (primary N) is 1. The average Bonchev–Trinajstić information content (AvgIpc) is 3.42. The Morgan fingerprint density at radius 1 is 1.36 bits per heavy atom. The molecular formula is C19H23N7O2. The van der Waals surface area contributed by atoms with Crippen LogP contribution >= 0.6 is 0 Å². The number of rotatable bonds is 8. The number of anilines is 4. The summed E-state index contributed by atoms with van der Waals surface area (Å²) in [5.74, 6) is 1.31. The molecule has 5 N–H and O–H groups in total. The van der Waals surface area contributed by atoms with Crippen molar-refractivity contribution in [3.8, 4) is 0 Å². The molecule has 1 aromatic carbocycles. The van der Waals surface area contributed by atoms with Crippen molar-refractivity contribution >= 4 is 35.1 Å². The zero-order valence-corrected chi connectivity index (χ0v) is 15.4. The summed E-state index contributed by atoms with van der Waals surface area (Å²) in [7, 11) is 0. The minimum Gasteiger partial charge on any atom is -0.370 e. The predicted octanol–water partition coefficient (Wildman–Crippen LogP) is 1.91. The van der Waals surface area contributed by atoms with Crippen LogP contribution in [0.25, 0.3) is 0 Å². The normalized spacial score (nSPS) is 16.0. The molecule has 146 valence electrons. The molecule has 0 radical (unpaired) electrons. The molecule has 9 nitrogen and oxygen atoms in total. The summed E-state index contributed by atoms with van der Waals surface area (Å²) in [6.45, 7) is 1.72. The molecule has 0 spiro atoms. The van der Waals surface area contributed by atoms with Gasteiger partial charge in [-0.05, 0) is 37.0 Å². The van der Waals surface area contributed by atoms with E-state index in [-0.39, 0.29) is 18.4 Å². The van der Waals surface area contributed by atoms with E-state index in [4.69, 9.17) is 5.73 Å². The monoisotopic (exact) mass is 381 g/mol. The fourth-order valence-electron chi connectivity index (χ4n) is 3.19. The quantitative estimate of drug-likeness (QED) is 0.553. The molecule has 1 aromatic heterocycles. The summed E-state index contributed by atoms with van der Waals surface area (Å²) in [5.41, 5.74) is 7.89. The van der Waals surface area contributed by atoms with Gasteiger partial charge in [0.25, 0.3) is 0 Å². The number of primary amides is 1. The van der Waals surface area contributed by atoms with E-state index in [0.717, 1.165) is 35.6 Å². The van der Waals surface area contributed by atoms with Gasteiger partial charge in [-0.15, -0.1) is 0 Å². The molecule has 0 atom stereocenters. The molecule has 0 bridgehead atoms. The van der Waals surface area contributed by atoms with E-state index in [2.05, 4.69) is 25.9 Å². The van der Waals surface area contributed by atoms with Gasteiger partial charge >= 0.3 is 6.03 Å². The molecule has 28 heavy (non-hydrogen) atoms. The predicted molar refractivity (Wildman–Crippen MR) is 107 cm³/mol. The first-order chi connectivity index (χ1) is 13.6. The molecule has 2 fully saturated rings. The molecule has 3 amide bonds. The maximum atomic E-state index is 11.9.